The molecule has 0 unspecified atom stereocenters. The van der Waals surface area contributed by atoms with Crippen LogP contribution >= 0.6 is 47.0 Å². The largest absolute Gasteiger partial charge is 0.179 e. The van der Waals surface area contributed by atoms with Crippen LogP contribution in [0.2, 0.25) is 0 Å². The Hall–Kier alpha value is 1.73. The molecule has 0 aliphatic rings. The minimum Gasteiger partial charge on any atom is -0.0596 e. The summed E-state index contributed by atoms with van der Waals surface area (Å²) in [7, 11) is -0.975. The molecular weight excluding hydrogens is 481 g/mol. The molecule has 0 saturated heterocycles. The van der Waals surface area contributed by atoms with E-state index in [-0.39, 0.29) is 0 Å². The van der Waals surface area contributed by atoms with Gasteiger partial charge in [-0.1, -0.05) is 33.7 Å². The number of rotatable bonds is 22. The topological polar surface area (TPSA) is 0 Å². The fraction of sp³-hybridized carbons (Fsp3) is 1.00. The average Bonchev–Trinajstić information content (AvgIpc) is 2.74. The predicted molar refractivity (Wildman–Crippen MR) is 158 cm³/mol. The Balaban J connectivity index is 0. The van der Waals surface area contributed by atoms with E-state index in [0.717, 1.165) is 0 Å². The summed E-state index contributed by atoms with van der Waals surface area (Å²) in [6, 6.07) is 0. The fourth-order valence-electron chi connectivity index (χ4n) is 4.75. The van der Waals surface area contributed by atoms with Gasteiger partial charge in [0.2, 0.25) is 0 Å². The van der Waals surface area contributed by atoms with Crippen LogP contribution in [-0.2, 0) is 0 Å². The zero-order chi connectivity index (χ0) is 23.6. The van der Waals surface area contributed by atoms with Crippen LogP contribution in [0.5, 0.6) is 0 Å². The molecule has 0 radical (unpaired) electrons. The zero-order valence-corrected chi connectivity index (χ0v) is 25.8. The number of hydrogen-bond donors (Lipinski definition) is 0. The van der Waals surface area contributed by atoms with Gasteiger partial charge in [0.25, 0.3) is 0 Å². The molecule has 0 rings (SSSR count). The Kier molecular flexibility index (Phi) is 31.5. The molecule has 31 heavy (non-hydrogen) atoms. The molecular formula is C26H57Cl3P2. The summed E-state index contributed by atoms with van der Waals surface area (Å²) in [5.74, 6) is -1.20. The normalized spacial score (nSPS) is 12.1. The second-order valence-electron chi connectivity index (χ2n) is 9.60. The molecule has 0 N–H and O–H groups in total. The molecule has 0 spiro atoms. The van der Waals surface area contributed by atoms with Crippen molar-refractivity contribution in [2.75, 3.05) is 24.6 Å². The van der Waals surface area contributed by atoms with Crippen LogP contribution in [-0.4, -0.2) is 24.6 Å². The molecule has 0 aromatic heterocycles. The predicted octanol–water partition coefficient (Wildman–Crippen LogP) is 12.8. The molecule has 0 aromatic carbocycles. The molecule has 0 heterocycles. The molecule has 0 bridgehead atoms. The monoisotopic (exact) mass is 536 g/mol. The van der Waals surface area contributed by atoms with E-state index in [0.29, 0.717) is 0 Å². The molecule has 0 amide bonds. The van der Waals surface area contributed by atoms with Crippen LogP contribution in [0.1, 0.15) is 143 Å². The van der Waals surface area contributed by atoms with Gasteiger partial charge in [-0.25, -0.2) is 0 Å². The van der Waals surface area contributed by atoms with E-state index in [4.69, 9.17) is 33.7 Å². The van der Waals surface area contributed by atoms with E-state index in [1.165, 1.54) is 96.3 Å². The standard InChI is InChI=1S/C26H57P.Cl3P/c1-5-9-12-15-18-21-24-27(8-4,25-22-19-16-13-10-6-2)26-23-20-17-14-11-7-3;1-4(2)3/h27H,5-26H2,1-4H3;. The van der Waals surface area contributed by atoms with Crippen molar-refractivity contribution in [2.24, 2.45) is 0 Å². The number of unbranched alkanes of at least 4 members (excludes halogenated alkanes) is 15. The first kappa shape index (κ1) is 34.9. The van der Waals surface area contributed by atoms with Crippen LogP contribution in [0, 0.1) is 0 Å². The van der Waals surface area contributed by atoms with E-state index in [1.807, 2.05) is 0 Å². The summed E-state index contributed by atoms with van der Waals surface area (Å²) in [6.07, 6.45) is 33.1. The molecule has 5 heteroatoms. The van der Waals surface area contributed by atoms with Gasteiger partial charge >= 0.3 is 175 Å². The molecule has 0 aliphatic heterocycles. The third kappa shape index (κ3) is 27.9. The van der Waals surface area contributed by atoms with Gasteiger partial charge in [0, 0.05) is 0 Å². The van der Waals surface area contributed by atoms with Crippen molar-refractivity contribution >= 4 is 47.0 Å². The van der Waals surface area contributed by atoms with Gasteiger partial charge in [-0.05, 0) is 0 Å². The summed E-state index contributed by atoms with van der Waals surface area (Å²) in [6.45, 7) is 9.54. The molecule has 0 atom stereocenters. The fourth-order valence-corrected chi connectivity index (χ4v) is 9.56. The van der Waals surface area contributed by atoms with Crippen molar-refractivity contribution in [3.63, 3.8) is 0 Å². The summed E-state index contributed by atoms with van der Waals surface area (Å²) >= 11 is 14.6. The first-order valence-electron chi connectivity index (χ1n) is 13.7. The van der Waals surface area contributed by atoms with E-state index in [9.17, 15) is 0 Å². The molecule has 192 valence electrons. The third-order valence-corrected chi connectivity index (χ3v) is 12.7. The SMILES string of the molecule is CCCCCCCC[PH](CC)(CCCCCCCC)CCCCCCCC.ClP(Cl)Cl. The van der Waals surface area contributed by atoms with Crippen molar-refractivity contribution in [2.45, 2.75) is 143 Å². The number of halogens is 3. The smallest absolute Gasteiger partial charge is 0.0596 e. The molecule has 0 saturated carbocycles. The summed E-state index contributed by atoms with van der Waals surface area (Å²) in [5.41, 5.74) is 0. The maximum Gasteiger partial charge on any atom is 0.179 e. The van der Waals surface area contributed by atoms with Crippen LogP contribution in [0.3, 0.4) is 0 Å². The van der Waals surface area contributed by atoms with Crippen LogP contribution in [0.15, 0.2) is 0 Å². The quantitative estimate of drug-likeness (QED) is 0.0951. The van der Waals surface area contributed by atoms with Crippen LogP contribution < -0.4 is 0 Å². The summed E-state index contributed by atoms with van der Waals surface area (Å²) in [4.78, 5) is 0. The maximum atomic E-state index is 4.87. The van der Waals surface area contributed by atoms with Crippen molar-refractivity contribution < 1.29 is 0 Å². The van der Waals surface area contributed by atoms with Gasteiger partial charge in [0.05, 0.1) is 0 Å². The Bertz CT molecular complexity index is 284. The Labute approximate surface area is 214 Å². The van der Waals surface area contributed by atoms with Gasteiger partial charge in [-0.15, -0.1) is 0 Å². The van der Waals surface area contributed by atoms with Gasteiger partial charge in [-0.2, -0.15) is 0 Å². The Morgan fingerprint density at radius 2 is 0.645 bits per heavy atom. The van der Waals surface area contributed by atoms with Crippen molar-refractivity contribution in [3.8, 4) is 0 Å². The van der Waals surface area contributed by atoms with E-state index in [1.54, 1.807) is 43.9 Å². The second-order valence-corrected chi connectivity index (χ2v) is 19.8. The molecule has 0 aromatic rings. The summed E-state index contributed by atoms with van der Waals surface area (Å²) in [5, 5.41) is 0. The van der Waals surface area contributed by atoms with Crippen LogP contribution in [0.25, 0.3) is 0 Å². The first-order chi connectivity index (χ1) is 15.0. The van der Waals surface area contributed by atoms with Crippen molar-refractivity contribution in [1.82, 2.24) is 0 Å². The Morgan fingerprint density at radius 1 is 0.419 bits per heavy atom. The van der Waals surface area contributed by atoms with E-state index < -0.39 is 13.2 Å². The van der Waals surface area contributed by atoms with Crippen molar-refractivity contribution in [3.05, 3.63) is 0 Å². The third-order valence-electron chi connectivity index (χ3n) is 6.93. The second kappa shape index (κ2) is 28.0. The Morgan fingerprint density at radius 3 is 0.871 bits per heavy atom. The zero-order valence-electron chi connectivity index (χ0n) is 21.6. The van der Waals surface area contributed by atoms with Crippen LogP contribution in [0.4, 0.5) is 0 Å². The molecule has 0 nitrogen and oxygen atoms in total. The number of hydrogen-bond acceptors (Lipinski definition) is 0. The van der Waals surface area contributed by atoms with Gasteiger partial charge in [-0.3, -0.25) is 0 Å². The van der Waals surface area contributed by atoms with Gasteiger partial charge < -0.3 is 0 Å². The average molecular weight is 538 g/mol. The van der Waals surface area contributed by atoms with Gasteiger partial charge in [0.15, 0.2) is 5.98 Å². The minimum absolute atomic E-state index is 0.975. The first-order valence-corrected chi connectivity index (χ1v) is 20.6. The summed E-state index contributed by atoms with van der Waals surface area (Å²) < 4.78 is 0. The maximum absolute atomic E-state index is 4.87. The minimum atomic E-state index is -1.20. The van der Waals surface area contributed by atoms with E-state index >= 15 is 0 Å². The molecule has 0 fully saturated rings. The van der Waals surface area contributed by atoms with E-state index in [2.05, 4.69) is 27.7 Å². The van der Waals surface area contributed by atoms with Gasteiger partial charge in [0.1, 0.15) is 0 Å². The van der Waals surface area contributed by atoms with Crippen molar-refractivity contribution in [1.29, 1.82) is 0 Å². The molecule has 0 aliphatic carbocycles.